The third-order valence-electron chi connectivity index (χ3n) is 2.09. The van der Waals surface area contributed by atoms with E-state index in [1.807, 2.05) is 24.5 Å². The van der Waals surface area contributed by atoms with Gasteiger partial charge in [0, 0.05) is 17.8 Å². The highest BCUT2D eigenvalue weighted by molar-refractivity contribution is 6.05. The molecule has 0 saturated carbocycles. The fourth-order valence-electron chi connectivity index (χ4n) is 1.48. The normalized spacial score (nSPS) is 11.3. The molecule has 3 heteroatoms. The van der Waals surface area contributed by atoms with Crippen molar-refractivity contribution in [3.8, 4) is 0 Å². The highest BCUT2D eigenvalue weighted by atomic mass is 16.5. The monoisotopic (exact) mass is 158 g/mol. The molecular weight excluding hydrogens is 152 g/mol. The summed E-state index contributed by atoms with van der Waals surface area (Å²) in [6, 6.07) is 3.98. The molecular formula is C9H6N2O. The van der Waals surface area contributed by atoms with Crippen molar-refractivity contribution in [2.75, 3.05) is 0 Å². The number of fused-ring (bicyclic) bond motifs is 3. The summed E-state index contributed by atoms with van der Waals surface area (Å²) in [7, 11) is 0. The van der Waals surface area contributed by atoms with Crippen LogP contribution in [0.5, 0.6) is 0 Å². The first-order chi connectivity index (χ1) is 5.95. The molecule has 1 aromatic carbocycles. The first-order valence-corrected chi connectivity index (χ1v) is 3.75. The Kier molecular flexibility index (Phi) is 0.913. The predicted molar refractivity (Wildman–Crippen MR) is 45.9 cm³/mol. The lowest BCUT2D eigenvalue weighted by molar-refractivity contribution is 0.428. The van der Waals surface area contributed by atoms with Gasteiger partial charge in [0.05, 0.1) is 5.39 Å². The van der Waals surface area contributed by atoms with Crippen LogP contribution in [0.25, 0.3) is 21.7 Å². The molecule has 12 heavy (non-hydrogen) atoms. The van der Waals surface area contributed by atoms with Gasteiger partial charge in [0.15, 0.2) is 0 Å². The Hall–Kier alpha value is -1.77. The van der Waals surface area contributed by atoms with E-state index in [-0.39, 0.29) is 0 Å². The number of H-pyrrole nitrogens is 1. The minimum absolute atomic E-state index is 0.905. The molecule has 0 bridgehead atoms. The lowest BCUT2D eigenvalue weighted by atomic mass is 10.1. The van der Waals surface area contributed by atoms with Crippen LogP contribution in [-0.4, -0.2) is 10.1 Å². The van der Waals surface area contributed by atoms with Crippen molar-refractivity contribution >= 4 is 21.7 Å². The first-order valence-electron chi connectivity index (χ1n) is 3.75. The zero-order valence-electron chi connectivity index (χ0n) is 6.24. The average Bonchev–Trinajstić information content (AvgIpc) is 2.71. The van der Waals surface area contributed by atoms with Crippen LogP contribution in [0.15, 0.2) is 35.3 Å². The highest BCUT2D eigenvalue weighted by Gasteiger charge is 2.02. The van der Waals surface area contributed by atoms with Gasteiger partial charge in [-0.05, 0) is 11.5 Å². The van der Waals surface area contributed by atoms with Crippen LogP contribution < -0.4 is 0 Å². The summed E-state index contributed by atoms with van der Waals surface area (Å²) in [5, 5.41) is 7.27. The molecule has 0 fully saturated rings. The molecule has 58 valence electrons. The van der Waals surface area contributed by atoms with Crippen LogP contribution >= 0.6 is 0 Å². The fourth-order valence-corrected chi connectivity index (χ4v) is 1.48. The van der Waals surface area contributed by atoms with Crippen LogP contribution in [0.4, 0.5) is 0 Å². The van der Waals surface area contributed by atoms with Crippen molar-refractivity contribution in [1.29, 1.82) is 0 Å². The average molecular weight is 158 g/mol. The van der Waals surface area contributed by atoms with Gasteiger partial charge in [0.25, 0.3) is 0 Å². The summed E-state index contributed by atoms with van der Waals surface area (Å²) in [4.78, 5) is 3.05. The molecule has 2 aromatic heterocycles. The largest absolute Gasteiger partial charge is 0.366 e. The summed E-state index contributed by atoms with van der Waals surface area (Å²) in [6.45, 7) is 0. The number of hydrogen-bond acceptors (Lipinski definition) is 2. The minimum Gasteiger partial charge on any atom is -0.366 e. The topological polar surface area (TPSA) is 41.8 Å². The molecule has 0 atom stereocenters. The van der Waals surface area contributed by atoms with Gasteiger partial charge in [-0.15, -0.1) is 0 Å². The molecule has 0 saturated heterocycles. The number of benzene rings is 1. The number of hydrogen-bond donors (Lipinski definition) is 1. The number of aromatic nitrogens is 2. The molecule has 3 aromatic rings. The SMILES string of the molecule is c1cc2nocc2c2c[nH]cc12. The number of rotatable bonds is 0. The van der Waals surface area contributed by atoms with Gasteiger partial charge in [-0.1, -0.05) is 11.2 Å². The first kappa shape index (κ1) is 5.83. The molecule has 0 aliphatic heterocycles. The molecule has 0 aliphatic rings. The highest BCUT2D eigenvalue weighted by Crippen LogP contribution is 2.23. The molecule has 2 heterocycles. The van der Waals surface area contributed by atoms with E-state index in [4.69, 9.17) is 4.52 Å². The Morgan fingerprint density at radius 3 is 3.17 bits per heavy atom. The third kappa shape index (κ3) is 0.580. The second kappa shape index (κ2) is 1.88. The standard InChI is InChI=1S/C9H6N2O/c1-2-9-8(5-12-11-9)7-4-10-3-6(1)7/h1-5,10H. The molecule has 0 aliphatic carbocycles. The van der Waals surface area contributed by atoms with Crippen molar-refractivity contribution in [3.05, 3.63) is 30.8 Å². The Morgan fingerprint density at radius 1 is 1.17 bits per heavy atom. The van der Waals surface area contributed by atoms with Gasteiger partial charge in [-0.3, -0.25) is 0 Å². The van der Waals surface area contributed by atoms with Gasteiger partial charge < -0.3 is 9.51 Å². The number of aromatic amines is 1. The van der Waals surface area contributed by atoms with Crippen molar-refractivity contribution in [3.63, 3.8) is 0 Å². The lowest BCUT2D eigenvalue weighted by Gasteiger charge is -1.87. The number of nitrogens with zero attached hydrogens (tertiary/aromatic N) is 1. The van der Waals surface area contributed by atoms with Crippen LogP contribution in [-0.2, 0) is 0 Å². The van der Waals surface area contributed by atoms with Gasteiger partial charge in [0.2, 0.25) is 0 Å². The van der Waals surface area contributed by atoms with E-state index >= 15 is 0 Å². The fraction of sp³-hybridized carbons (Fsp3) is 0. The van der Waals surface area contributed by atoms with Gasteiger partial charge in [0.1, 0.15) is 11.8 Å². The molecule has 0 unspecified atom stereocenters. The summed E-state index contributed by atoms with van der Waals surface area (Å²) >= 11 is 0. The Balaban J connectivity index is 2.71. The lowest BCUT2D eigenvalue weighted by Crippen LogP contribution is -1.67. The maximum atomic E-state index is 4.88. The maximum absolute atomic E-state index is 4.88. The second-order valence-corrected chi connectivity index (χ2v) is 2.77. The van der Waals surface area contributed by atoms with E-state index in [1.165, 1.54) is 5.39 Å². The zero-order valence-corrected chi connectivity index (χ0v) is 6.24. The molecule has 3 rings (SSSR count). The Labute approximate surface area is 68.0 Å². The molecule has 1 N–H and O–H groups in total. The van der Waals surface area contributed by atoms with Crippen LogP contribution in [0.2, 0.25) is 0 Å². The van der Waals surface area contributed by atoms with Crippen molar-refractivity contribution in [2.45, 2.75) is 0 Å². The Bertz CT molecular complexity index is 486. The quantitative estimate of drug-likeness (QED) is 0.545. The summed E-state index contributed by atoms with van der Waals surface area (Å²) in [5.74, 6) is 0. The van der Waals surface area contributed by atoms with Gasteiger partial charge in [-0.25, -0.2) is 0 Å². The van der Waals surface area contributed by atoms with E-state index in [9.17, 15) is 0 Å². The summed E-state index contributed by atoms with van der Waals surface area (Å²) in [5.41, 5.74) is 0.905. The van der Waals surface area contributed by atoms with E-state index in [1.54, 1.807) is 6.26 Å². The smallest absolute Gasteiger partial charge is 0.132 e. The van der Waals surface area contributed by atoms with E-state index in [2.05, 4.69) is 10.1 Å². The van der Waals surface area contributed by atoms with Crippen LogP contribution in [0.1, 0.15) is 0 Å². The molecule has 3 nitrogen and oxygen atoms in total. The van der Waals surface area contributed by atoms with E-state index in [0.29, 0.717) is 0 Å². The van der Waals surface area contributed by atoms with Crippen molar-refractivity contribution in [1.82, 2.24) is 10.1 Å². The van der Waals surface area contributed by atoms with Crippen LogP contribution in [0, 0.1) is 0 Å². The molecule has 0 radical (unpaired) electrons. The molecule has 0 amide bonds. The maximum Gasteiger partial charge on any atom is 0.132 e. The van der Waals surface area contributed by atoms with Crippen molar-refractivity contribution in [2.24, 2.45) is 0 Å². The third-order valence-corrected chi connectivity index (χ3v) is 2.09. The van der Waals surface area contributed by atoms with E-state index < -0.39 is 0 Å². The molecule has 0 spiro atoms. The summed E-state index contributed by atoms with van der Waals surface area (Å²) in [6.07, 6.45) is 5.59. The van der Waals surface area contributed by atoms with Crippen LogP contribution in [0.3, 0.4) is 0 Å². The van der Waals surface area contributed by atoms with E-state index in [0.717, 1.165) is 16.3 Å². The summed E-state index contributed by atoms with van der Waals surface area (Å²) < 4.78 is 4.88. The Morgan fingerprint density at radius 2 is 2.17 bits per heavy atom. The van der Waals surface area contributed by atoms with Gasteiger partial charge in [-0.2, -0.15) is 0 Å². The zero-order chi connectivity index (χ0) is 7.97. The van der Waals surface area contributed by atoms with Gasteiger partial charge >= 0.3 is 0 Å². The second-order valence-electron chi connectivity index (χ2n) is 2.77. The minimum atomic E-state index is 0.905. The number of nitrogens with one attached hydrogen (secondary N) is 1. The van der Waals surface area contributed by atoms with Crippen molar-refractivity contribution < 1.29 is 4.52 Å². The predicted octanol–water partition coefficient (Wildman–Crippen LogP) is 2.31.